The summed E-state index contributed by atoms with van der Waals surface area (Å²) >= 11 is -1.51. The van der Waals surface area contributed by atoms with Crippen molar-refractivity contribution in [3.05, 3.63) is 59.8 Å². The number of likely N-dealkylation sites (tertiary alicyclic amines) is 1. The second kappa shape index (κ2) is 11.2. The van der Waals surface area contributed by atoms with Crippen molar-refractivity contribution in [2.45, 2.75) is 32.2 Å². The molecule has 1 aliphatic rings. The van der Waals surface area contributed by atoms with Crippen molar-refractivity contribution in [3.8, 4) is 5.75 Å². The average molecular weight is 455 g/mol. The van der Waals surface area contributed by atoms with Crippen molar-refractivity contribution in [2.75, 3.05) is 38.2 Å². The largest absolute Gasteiger partial charge is 0.548 e. The summed E-state index contributed by atoms with van der Waals surface area (Å²) in [6, 6.07) is 12.1. The van der Waals surface area contributed by atoms with Crippen LogP contribution in [0.1, 0.15) is 31.2 Å². The first-order chi connectivity index (χ1) is 15.7. The number of anilines is 2. The monoisotopic (exact) mass is 454 g/mol. The minimum absolute atomic E-state index is 0.526. The quantitative estimate of drug-likeness (QED) is 0.392. The first-order valence-corrected chi connectivity index (χ1v) is 12.2. The highest BCUT2D eigenvalue weighted by atomic mass is 32.2. The number of pyridine rings is 1. The number of hydrogen-bond acceptors (Lipinski definition) is 7. The van der Waals surface area contributed by atoms with Gasteiger partial charge in [0.25, 0.3) is 0 Å². The molecule has 0 radical (unpaired) electrons. The van der Waals surface area contributed by atoms with Crippen molar-refractivity contribution in [1.29, 1.82) is 0 Å². The number of ether oxygens (including phenoxy) is 1. The van der Waals surface area contributed by atoms with Crippen LogP contribution in [-0.2, 0) is 6.54 Å². The zero-order valence-corrected chi connectivity index (χ0v) is 19.3. The number of H-pyrrole nitrogens is 1. The van der Waals surface area contributed by atoms with E-state index < -0.39 is 11.1 Å². The van der Waals surface area contributed by atoms with Gasteiger partial charge in [-0.25, -0.2) is 0 Å². The number of piperidine rings is 1. The molecular weight excluding hydrogens is 424 g/mol. The van der Waals surface area contributed by atoms with Crippen LogP contribution in [0, 0.1) is 0 Å². The van der Waals surface area contributed by atoms with E-state index in [0.717, 1.165) is 24.4 Å². The fraction of sp³-hybridized carbons (Fsp3) is 0.435. The summed E-state index contributed by atoms with van der Waals surface area (Å²) in [5.41, 5.74) is 2.67. The minimum Gasteiger partial charge on any atom is -0.548 e. The van der Waals surface area contributed by atoms with E-state index in [1.54, 1.807) is 12.4 Å². The van der Waals surface area contributed by atoms with E-state index >= 15 is 0 Å². The second-order valence-corrected chi connectivity index (χ2v) is 8.84. The van der Waals surface area contributed by atoms with Gasteiger partial charge in [-0.3, -0.25) is 14.9 Å². The Labute approximate surface area is 191 Å². The van der Waals surface area contributed by atoms with E-state index in [2.05, 4.69) is 41.8 Å². The van der Waals surface area contributed by atoms with Gasteiger partial charge in [0.15, 0.2) is 11.1 Å². The summed E-state index contributed by atoms with van der Waals surface area (Å²) < 4.78 is 24.8. The first kappa shape index (κ1) is 22.4. The summed E-state index contributed by atoms with van der Waals surface area (Å²) in [5.74, 6) is 1.44. The molecule has 2 aromatic heterocycles. The Morgan fingerprint density at radius 2 is 2.09 bits per heavy atom. The number of rotatable bonds is 9. The maximum Gasteiger partial charge on any atom is 0.238 e. The highest BCUT2D eigenvalue weighted by Crippen LogP contribution is 2.20. The lowest BCUT2D eigenvalue weighted by Crippen LogP contribution is -2.29. The SMILES string of the molecule is CN(c1cccnc1)c1n[s+]([O-])[nH]c1=NCCCOc1cccc(CN2CCCCC2)c1. The molecule has 1 atom stereocenters. The van der Waals surface area contributed by atoms with Gasteiger partial charge in [0.05, 0.1) is 18.5 Å². The van der Waals surface area contributed by atoms with Crippen LogP contribution in [-0.4, -0.2) is 56.5 Å². The normalized spacial score (nSPS) is 15.7. The molecule has 3 heterocycles. The van der Waals surface area contributed by atoms with Gasteiger partial charge in [0.2, 0.25) is 11.3 Å². The molecule has 1 N–H and O–H groups in total. The van der Waals surface area contributed by atoms with E-state index in [-0.39, 0.29) is 0 Å². The topological polar surface area (TPSA) is 92.7 Å². The van der Waals surface area contributed by atoms with Crippen LogP contribution in [0.25, 0.3) is 0 Å². The summed E-state index contributed by atoms with van der Waals surface area (Å²) in [4.78, 5) is 13.0. The smallest absolute Gasteiger partial charge is 0.238 e. The Morgan fingerprint density at radius 3 is 2.91 bits per heavy atom. The zero-order chi connectivity index (χ0) is 22.2. The Morgan fingerprint density at radius 1 is 1.22 bits per heavy atom. The number of nitrogens with zero attached hydrogens (tertiary/aromatic N) is 5. The van der Waals surface area contributed by atoms with Crippen LogP contribution in [0.15, 0.2) is 53.8 Å². The average Bonchev–Trinajstić information content (AvgIpc) is 3.20. The van der Waals surface area contributed by atoms with Crippen LogP contribution >= 0.6 is 11.1 Å². The van der Waals surface area contributed by atoms with Gasteiger partial charge < -0.3 is 14.2 Å². The summed E-state index contributed by atoms with van der Waals surface area (Å²) in [5, 5.41) is 0. The fourth-order valence-electron chi connectivity index (χ4n) is 3.83. The van der Waals surface area contributed by atoms with Crippen molar-refractivity contribution < 1.29 is 9.29 Å². The number of hydrogen-bond donors (Lipinski definition) is 1. The van der Waals surface area contributed by atoms with Crippen LogP contribution in [0.4, 0.5) is 11.5 Å². The molecule has 8 nitrogen and oxygen atoms in total. The van der Waals surface area contributed by atoms with Gasteiger partial charge in [0.1, 0.15) is 5.75 Å². The standard InChI is InChI=1S/C23H30N6O2S/c1-28(20-9-6-11-24-17-20)23-22(26-32(30)27-23)25-12-7-15-31-21-10-5-8-19(16-21)18-29-13-3-2-4-14-29/h5-6,8-11,16-17H,2-4,7,12-15,18H2,1H3,(H,25,26). The molecule has 1 fully saturated rings. The maximum absolute atomic E-state index is 11.9. The third kappa shape index (κ3) is 6.15. The molecule has 1 aromatic carbocycles. The molecule has 9 heteroatoms. The number of nitrogens with one attached hydrogen (secondary N) is 1. The number of aromatic amines is 1. The fourth-order valence-corrected chi connectivity index (χ4v) is 4.56. The predicted octanol–water partition coefficient (Wildman–Crippen LogP) is 3.66. The van der Waals surface area contributed by atoms with Crippen molar-refractivity contribution in [2.24, 2.45) is 4.99 Å². The van der Waals surface area contributed by atoms with Gasteiger partial charge >= 0.3 is 0 Å². The van der Waals surface area contributed by atoms with Crippen molar-refractivity contribution in [1.82, 2.24) is 18.6 Å². The Kier molecular flexibility index (Phi) is 7.87. The third-order valence-electron chi connectivity index (χ3n) is 5.51. The first-order valence-electron chi connectivity index (χ1n) is 11.1. The number of benzene rings is 1. The molecule has 0 aliphatic carbocycles. The predicted molar refractivity (Wildman–Crippen MR) is 126 cm³/mol. The van der Waals surface area contributed by atoms with Crippen LogP contribution in [0.5, 0.6) is 5.75 Å². The van der Waals surface area contributed by atoms with Gasteiger partial charge in [-0.15, -0.1) is 4.37 Å². The lowest BCUT2D eigenvalue weighted by molar-refractivity contribution is 0.220. The van der Waals surface area contributed by atoms with Gasteiger partial charge in [-0.1, -0.05) is 18.6 Å². The highest BCUT2D eigenvalue weighted by molar-refractivity contribution is 7.13. The molecule has 0 amide bonds. The van der Waals surface area contributed by atoms with E-state index in [0.29, 0.717) is 24.5 Å². The Balaban J connectivity index is 1.30. The van der Waals surface area contributed by atoms with Crippen LogP contribution in [0.2, 0.25) is 0 Å². The van der Waals surface area contributed by atoms with E-state index in [1.165, 1.54) is 37.9 Å². The molecule has 4 rings (SSSR count). The molecule has 0 spiro atoms. The zero-order valence-electron chi connectivity index (χ0n) is 18.4. The van der Waals surface area contributed by atoms with E-state index in [9.17, 15) is 4.55 Å². The lowest BCUT2D eigenvalue weighted by Gasteiger charge is -2.26. The molecule has 1 unspecified atom stereocenters. The van der Waals surface area contributed by atoms with Gasteiger partial charge in [-0.05, 0) is 55.8 Å². The van der Waals surface area contributed by atoms with Gasteiger partial charge in [0, 0.05) is 37.1 Å². The Bertz CT molecular complexity index is 1050. The second-order valence-electron chi connectivity index (χ2n) is 7.95. The molecule has 32 heavy (non-hydrogen) atoms. The van der Waals surface area contributed by atoms with E-state index in [1.807, 2.05) is 30.1 Å². The van der Waals surface area contributed by atoms with Crippen molar-refractivity contribution in [3.63, 3.8) is 0 Å². The molecule has 170 valence electrons. The van der Waals surface area contributed by atoms with Crippen LogP contribution < -0.4 is 15.1 Å². The minimum atomic E-state index is -1.51. The van der Waals surface area contributed by atoms with Crippen LogP contribution in [0.3, 0.4) is 0 Å². The summed E-state index contributed by atoms with van der Waals surface area (Å²) in [7, 11) is 1.86. The van der Waals surface area contributed by atoms with Gasteiger partial charge in [-0.2, -0.15) is 0 Å². The summed E-state index contributed by atoms with van der Waals surface area (Å²) in [6.07, 6.45) is 8.13. The molecule has 0 bridgehead atoms. The molecule has 0 saturated carbocycles. The van der Waals surface area contributed by atoms with Crippen molar-refractivity contribution >= 4 is 22.6 Å². The van der Waals surface area contributed by atoms with E-state index in [4.69, 9.17) is 4.74 Å². The molecule has 3 aromatic rings. The molecule has 1 saturated heterocycles. The third-order valence-corrected chi connectivity index (χ3v) is 6.22. The molecule has 1 aliphatic heterocycles. The molecular formula is C23H30N6O2S. The highest BCUT2D eigenvalue weighted by Gasteiger charge is 2.15. The Hall–Kier alpha value is -2.75. The maximum atomic E-state index is 11.9. The summed E-state index contributed by atoms with van der Waals surface area (Å²) in [6.45, 7) is 4.47. The lowest BCUT2D eigenvalue weighted by atomic mass is 10.1. The number of aromatic nitrogens is 3.